The average molecular weight is 319 g/mol. The number of hydrogen-bond acceptors (Lipinski definition) is 6. The van der Waals surface area contributed by atoms with E-state index in [4.69, 9.17) is 9.15 Å². The van der Waals surface area contributed by atoms with E-state index in [0.29, 0.717) is 38.6 Å². The number of carbonyl (C=O) groups excluding carboxylic acids is 1. The molecule has 0 radical (unpaired) electrons. The Bertz CT molecular complexity index is 650. The summed E-state index contributed by atoms with van der Waals surface area (Å²) in [5.41, 5.74) is 0. The maximum atomic E-state index is 12.3. The summed E-state index contributed by atoms with van der Waals surface area (Å²) in [4.78, 5) is 16.1. The summed E-state index contributed by atoms with van der Waals surface area (Å²) in [5, 5.41) is 8.37. The molecule has 0 spiro atoms. The van der Waals surface area contributed by atoms with Crippen molar-refractivity contribution >= 4 is 5.91 Å². The molecule has 1 aliphatic heterocycles. The van der Waals surface area contributed by atoms with Crippen molar-refractivity contribution in [1.82, 2.24) is 24.6 Å². The van der Waals surface area contributed by atoms with Crippen molar-refractivity contribution in [1.29, 1.82) is 0 Å². The number of nitrogens with zero attached hydrogens (tertiary/aromatic N) is 5. The summed E-state index contributed by atoms with van der Waals surface area (Å²) in [6.07, 6.45) is 1.50. The molecule has 0 atom stereocenters. The number of furan rings is 1. The van der Waals surface area contributed by atoms with Crippen LogP contribution in [-0.2, 0) is 24.4 Å². The molecule has 3 heterocycles. The minimum Gasteiger partial charge on any atom is -0.459 e. The van der Waals surface area contributed by atoms with Gasteiger partial charge in [0.25, 0.3) is 5.91 Å². The van der Waals surface area contributed by atoms with Gasteiger partial charge in [0.05, 0.1) is 19.4 Å². The van der Waals surface area contributed by atoms with Crippen molar-refractivity contribution in [2.75, 3.05) is 33.8 Å². The lowest BCUT2D eigenvalue weighted by Gasteiger charge is -2.27. The molecule has 0 N–H and O–H groups in total. The van der Waals surface area contributed by atoms with E-state index in [1.807, 2.05) is 18.7 Å². The van der Waals surface area contributed by atoms with Gasteiger partial charge < -0.3 is 23.5 Å². The fourth-order valence-corrected chi connectivity index (χ4v) is 2.46. The van der Waals surface area contributed by atoms with E-state index < -0.39 is 0 Å². The molecule has 1 amide bonds. The largest absolute Gasteiger partial charge is 0.459 e. The van der Waals surface area contributed by atoms with E-state index >= 15 is 0 Å². The number of rotatable bonds is 6. The second kappa shape index (κ2) is 6.93. The number of ether oxygens (including phenoxy) is 1. The molecule has 2 aromatic heterocycles. The van der Waals surface area contributed by atoms with Crippen molar-refractivity contribution < 1.29 is 13.9 Å². The Kier molecular flexibility index (Phi) is 4.73. The third kappa shape index (κ3) is 3.59. The monoisotopic (exact) mass is 319 g/mol. The molecule has 0 fully saturated rings. The Hall–Kier alpha value is -2.19. The first-order chi connectivity index (χ1) is 11.1. The fraction of sp³-hybridized carbons (Fsp3) is 0.533. The number of amides is 1. The molecule has 0 aromatic carbocycles. The molecule has 0 unspecified atom stereocenters. The van der Waals surface area contributed by atoms with Crippen LogP contribution in [0.15, 0.2) is 22.8 Å². The lowest BCUT2D eigenvalue weighted by Crippen LogP contribution is -2.38. The maximum absolute atomic E-state index is 12.3. The van der Waals surface area contributed by atoms with Crippen LogP contribution in [0.1, 0.15) is 22.2 Å². The van der Waals surface area contributed by atoms with Crippen LogP contribution in [0.5, 0.6) is 0 Å². The second-order valence-electron chi connectivity index (χ2n) is 5.74. The first-order valence-corrected chi connectivity index (χ1v) is 7.61. The van der Waals surface area contributed by atoms with Gasteiger partial charge in [-0.2, -0.15) is 0 Å². The van der Waals surface area contributed by atoms with Crippen molar-refractivity contribution in [2.45, 2.75) is 19.7 Å². The second-order valence-corrected chi connectivity index (χ2v) is 5.74. The van der Waals surface area contributed by atoms with Crippen LogP contribution in [0.25, 0.3) is 0 Å². The Balaban J connectivity index is 1.59. The summed E-state index contributed by atoms with van der Waals surface area (Å²) < 4.78 is 12.8. The van der Waals surface area contributed by atoms with E-state index in [1.54, 1.807) is 17.0 Å². The SMILES string of the molecule is CN(C)CCOCc1nnc2n1CCN(C(=O)c1ccco1)C2. The van der Waals surface area contributed by atoms with E-state index in [9.17, 15) is 4.79 Å². The highest BCUT2D eigenvalue weighted by Gasteiger charge is 2.26. The smallest absolute Gasteiger partial charge is 0.290 e. The van der Waals surface area contributed by atoms with Gasteiger partial charge in [-0.15, -0.1) is 10.2 Å². The number of carbonyl (C=O) groups is 1. The zero-order valence-corrected chi connectivity index (χ0v) is 13.4. The number of hydrogen-bond donors (Lipinski definition) is 0. The van der Waals surface area contributed by atoms with Crippen molar-refractivity contribution in [2.24, 2.45) is 0 Å². The number of likely N-dealkylation sites (N-methyl/N-ethyl adjacent to an activating group) is 1. The molecule has 8 nitrogen and oxygen atoms in total. The van der Waals surface area contributed by atoms with Crippen LogP contribution in [0.2, 0.25) is 0 Å². The van der Waals surface area contributed by atoms with Crippen LogP contribution in [0.3, 0.4) is 0 Å². The standard InChI is InChI=1S/C15H21N5O3/c1-18(2)7-9-22-11-14-17-16-13-10-19(5-6-20(13)14)15(21)12-4-3-8-23-12/h3-4,8H,5-7,9-11H2,1-2H3. The molecular weight excluding hydrogens is 298 g/mol. The Labute approximate surface area is 134 Å². The molecule has 8 heteroatoms. The minimum atomic E-state index is -0.118. The highest BCUT2D eigenvalue weighted by Crippen LogP contribution is 2.16. The first-order valence-electron chi connectivity index (χ1n) is 7.61. The van der Waals surface area contributed by atoms with E-state index in [1.165, 1.54) is 6.26 Å². The van der Waals surface area contributed by atoms with Crippen LogP contribution >= 0.6 is 0 Å². The molecule has 124 valence electrons. The summed E-state index contributed by atoms with van der Waals surface area (Å²) in [6.45, 7) is 3.67. The Morgan fingerprint density at radius 2 is 2.26 bits per heavy atom. The van der Waals surface area contributed by atoms with Crippen molar-refractivity contribution in [3.63, 3.8) is 0 Å². The van der Waals surface area contributed by atoms with Crippen molar-refractivity contribution in [3.05, 3.63) is 35.8 Å². The van der Waals surface area contributed by atoms with Gasteiger partial charge in [-0.05, 0) is 26.2 Å². The van der Waals surface area contributed by atoms with Gasteiger partial charge in [0, 0.05) is 19.6 Å². The minimum absolute atomic E-state index is 0.118. The van der Waals surface area contributed by atoms with Gasteiger partial charge in [0.15, 0.2) is 17.4 Å². The van der Waals surface area contributed by atoms with E-state index in [2.05, 4.69) is 15.1 Å². The van der Waals surface area contributed by atoms with Gasteiger partial charge in [-0.25, -0.2) is 0 Å². The topological polar surface area (TPSA) is 76.6 Å². The number of aromatic nitrogens is 3. The maximum Gasteiger partial charge on any atom is 0.290 e. The van der Waals surface area contributed by atoms with Gasteiger partial charge in [-0.3, -0.25) is 4.79 Å². The molecule has 1 aliphatic rings. The van der Waals surface area contributed by atoms with Gasteiger partial charge in [-0.1, -0.05) is 0 Å². The molecule has 23 heavy (non-hydrogen) atoms. The molecule has 0 saturated heterocycles. The lowest BCUT2D eigenvalue weighted by atomic mass is 10.3. The summed E-state index contributed by atoms with van der Waals surface area (Å²) in [7, 11) is 4.01. The fourth-order valence-electron chi connectivity index (χ4n) is 2.46. The molecule has 0 aliphatic carbocycles. The predicted octanol–water partition coefficient (Wildman–Crippen LogP) is 0.605. The third-order valence-corrected chi connectivity index (χ3v) is 3.76. The quantitative estimate of drug-likeness (QED) is 0.726. The molecule has 3 rings (SSSR count). The van der Waals surface area contributed by atoms with Crippen LogP contribution in [0, 0.1) is 0 Å². The van der Waals surface area contributed by atoms with E-state index in [-0.39, 0.29) is 5.91 Å². The summed E-state index contributed by atoms with van der Waals surface area (Å²) in [5.74, 6) is 1.82. The number of fused-ring (bicyclic) bond motifs is 1. The summed E-state index contributed by atoms with van der Waals surface area (Å²) >= 11 is 0. The van der Waals surface area contributed by atoms with E-state index in [0.717, 1.165) is 18.2 Å². The molecule has 0 bridgehead atoms. The first kappa shape index (κ1) is 15.7. The highest BCUT2D eigenvalue weighted by molar-refractivity contribution is 5.91. The third-order valence-electron chi connectivity index (χ3n) is 3.76. The molecule has 0 saturated carbocycles. The van der Waals surface area contributed by atoms with Gasteiger partial charge in [0.2, 0.25) is 0 Å². The van der Waals surface area contributed by atoms with Crippen LogP contribution in [-0.4, -0.2) is 64.3 Å². The van der Waals surface area contributed by atoms with Gasteiger partial charge in [0.1, 0.15) is 6.61 Å². The Morgan fingerprint density at radius 3 is 3.00 bits per heavy atom. The predicted molar refractivity (Wildman–Crippen MR) is 81.7 cm³/mol. The lowest BCUT2D eigenvalue weighted by molar-refractivity contribution is 0.0666. The molecule has 2 aromatic rings. The highest BCUT2D eigenvalue weighted by atomic mass is 16.5. The zero-order chi connectivity index (χ0) is 16.2. The Morgan fingerprint density at radius 1 is 1.39 bits per heavy atom. The van der Waals surface area contributed by atoms with Gasteiger partial charge >= 0.3 is 0 Å². The average Bonchev–Trinajstić information content (AvgIpc) is 3.20. The van der Waals surface area contributed by atoms with Crippen molar-refractivity contribution in [3.8, 4) is 0 Å². The van der Waals surface area contributed by atoms with Crippen LogP contribution < -0.4 is 0 Å². The van der Waals surface area contributed by atoms with Crippen LogP contribution in [0.4, 0.5) is 0 Å². The molecular formula is C15H21N5O3. The zero-order valence-electron chi connectivity index (χ0n) is 13.4. The normalized spacial score (nSPS) is 14.3. The summed E-state index contributed by atoms with van der Waals surface area (Å²) in [6, 6.07) is 3.38.